The van der Waals surface area contributed by atoms with E-state index in [9.17, 15) is 4.79 Å². The summed E-state index contributed by atoms with van der Waals surface area (Å²) in [6.45, 7) is 1.48. The number of nitrogens with zero attached hydrogens (tertiary/aromatic N) is 2. The van der Waals surface area contributed by atoms with E-state index in [1.807, 2.05) is 16.8 Å². The van der Waals surface area contributed by atoms with Crippen LogP contribution in [0.1, 0.15) is 22.3 Å². The van der Waals surface area contributed by atoms with Gasteiger partial charge in [0.15, 0.2) is 6.29 Å². The Morgan fingerprint density at radius 1 is 1.50 bits per heavy atom. The predicted octanol–water partition coefficient (Wildman–Crippen LogP) is 2.36. The normalized spacial score (nSPS) is 10.4. The van der Waals surface area contributed by atoms with Crippen LogP contribution >= 0.6 is 0 Å². The number of benzene rings is 1. The van der Waals surface area contributed by atoms with Crippen molar-refractivity contribution >= 4 is 17.2 Å². The van der Waals surface area contributed by atoms with Gasteiger partial charge in [-0.25, -0.2) is 0 Å². The fraction of sp³-hybridized carbons (Fsp3) is 0.286. The van der Waals surface area contributed by atoms with Crippen LogP contribution in [0.15, 0.2) is 24.4 Å². The highest BCUT2D eigenvalue weighted by Gasteiger charge is 2.08. The Hall–Kier alpha value is -2.12. The number of carbonyl (C=O) groups excluding carboxylic acids is 1. The second-order valence-corrected chi connectivity index (χ2v) is 4.09. The van der Waals surface area contributed by atoms with E-state index in [0.29, 0.717) is 17.7 Å². The van der Waals surface area contributed by atoms with Crippen molar-refractivity contribution in [1.82, 2.24) is 4.57 Å². The van der Waals surface area contributed by atoms with Crippen molar-refractivity contribution < 1.29 is 9.53 Å². The largest absolute Gasteiger partial charge is 0.385 e. The van der Waals surface area contributed by atoms with E-state index < -0.39 is 0 Å². The summed E-state index contributed by atoms with van der Waals surface area (Å²) < 4.78 is 7.05. The number of hydrogen-bond donors (Lipinski definition) is 0. The molecule has 0 aliphatic heterocycles. The lowest BCUT2D eigenvalue weighted by molar-refractivity contribution is 0.112. The van der Waals surface area contributed by atoms with Crippen LogP contribution in [0.2, 0.25) is 0 Å². The third-order valence-electron chi connectivity index (χ3n) is 2.92. The zero-order valence-corrected chi connectivity index (χ0v) is 10.2. The summed E-state index contributed by atoms with van der Waals surface area (Å²) in [6, 6.07) is 7.49. The SMILES string of the molecule is COCCCn1cc(C=O)c2cc(C#N)ccc21. The number of ether oxygens (including phenoxy) is 1. The van der Waals surface area contributed by atoms with Gasteiger partial charge in [0.1, 0.15) is 0 Å². The van der Waals surface area contributed by atoms with Crippen molar-refractivity contribution in [2.75, 3.05) is 13.7 Å². The topological polar surface area (TPSA) is 55.0 Å². The molecule has 0 N–H and O–H groups in total. The number of methoxy groups -OCH3 is 1. The van der Waals surface area contributed by atoms with Gasteiger partial charge < -0.3 is 9.30 Å². The summed E-state index contributed by atoms with van der Waals surface area (Å²) in [5, 5.41) is 9.71. The zero-order valence-electron chi connectivity index (χ0n) is 10.2. The van der Waals surface area contributed by atoms with Gasteiger partial charge in [0.05, 0.1) is 11.6 Å². The zero-order chi connectivity index (χ0) is 13.0. The van der Waals surface area contributed by atoms with E-state index in [1.54, 1.807) is 19.2 Å². The van der Waals surface area contributed by atoms with Crippen molar-refractivity contribution in [3.05, 3.63) is 35.5 Å². The number of nitriles is 1. The van der Waals surface area contributed by atoms with Crippen molar-refractivity contribution in [3.63, 3.8) is 0 Å². The minimum Gasteiger partial charge on any atom is -0.385 e. The molecule has 18 heavy (non-hydrogen) atoms. The lowest BCUT2D eigenvalue weighted by Gasteiger charge is -2.04. The molecule has 0 bridgehead atoms. The summed E-state index contributed by atoms with van der Waals surface area (Å²) in [5.74, 6) is 0. The van der Waals surface area contributed by atoms with E-state index in [-0.39, 0.29) is 0 Å². The van der Waals surface area contributed by atoms with Crippen molar-refractivity contribution in [2.24, 2.45) is 0 Å². The predicted molar refractivity (Wildman–Crippen MR) is 68.5 cm³/mol. The second-order valence-electron chi connectivity index (χ2n) is 4.09. The molecule has 0 amide bonds. The first-order valence-corrected chi connectivity index (χ1v) is 5.77. The molecule has 92 valence electrons. The Morgan fingerprint density at radius 2 is 2.33 bits per heavy atom. The molecule has 0 spiro atoms. The smallest absolute Gasteiger partial charge is 0.152 e. The Kier molecular flexibility index (Phi) is 3.75. The first-order chi connectivity index (χ1) is 8.80. The van der Waals surface area contributed by atoms with Gasteiger partial charge >= 0.3 is 0 Å². The summed E-state index contributed by atoms with van der Waals surface area (Å²) in [6.07, 6.45) is 3.55. The number of carbonyl (C=O) groups is 1. The summed E-state index contributed by atoms with van der Waals surface area (Å²) >= 11 is 0. The highest BCUT2D eigenvalue weighted by Crippen LogP contribution is 2.22. The van der Waals surface area contributed by atoms with Crippen LogP contribution in [0.25, 0.3) is 10.9 Å². The number of aryl methyl sites for hydroxylation is 1. The van der Waals surface area contributed by atoms with Gasteiger partial charge in [0.2, 0.25) is 0 Å². The Labute approximate surface area is 105 Å². The van der Waals surface area contributed by atoms with E-state index in [4.69, 9.17) is 10.00 Å². The van der Waals surface area contributed by atoms with Crippen LogP contribution in [0, 0.1) is 11.3 Å². The molecule has 0 radical (unpaired) electrons. The van der Waals surface area contributed by atoms with Crippen molar-refractivity contribution in [3.8, 4) is 6.07 Å². The van der Waals surface area contributed by atoms with Gasteiger partial charge in [-0.1, -0.05) is 0 Å². The van der Waals surface area contributed by atoms with E-state index in [2.05, 4.69) is 6.07 Å². The molecule has 0 aliphatic rings. The molecule has 4 heteroatoms. The first-order valence-electron chi connectivity index (χ1n) is 5.77. The summed E-state index contributed by atoms with van der Waals surface area (Å²) in [5.41, 5.74) is 2.17. The van der Waals surface area contributed by atoms with Gasteiger partial charge in [0, 0.05) is 42.9 Å². The van der Waals surface area contributed by atoms with Crippen LogP contribution in [0.5, 0.6) is 0 Å². The van der Waals surface area contributed by atoms with E-state index in [0.717, 1.165) is 30.2 Å². The molecule has 1 aromatic heterocycles. The van der Waals surface area contributed by atoms with Crippen LogP contribution in [0.3, 0.4) is 0 Å². The lowest BCUT2D eigenvalue weighted by atomic mass is 10.1. The monoisotopic (exact) mass is 242 g/mol. The maximum atomic E-state index is 11.0. The Bertz CT molecular complexity index is 608. The van der Waals surface area contributed by atoms with Gasteiger partial charge in [-0.2, -0.15) is 5.26 Å². The third-order valence-corrected chi connectivity index (χ3v) is 2.92. The molecular formula is C14H14N2O2. The van der Waals surface area contributed by atoms with Crippen LogP contribution < -0.4 is 0 Å². The second kappa shape index (κ2) is 5.48. The summed E-state index contributed by atoms with van der Waals surface area (Å²) in [4.78, 5) is 11.0. The minimum atomic E-state index is 0.570. The molecule has 0 saturated carbocycles. The van der Waals surface area contributed by atoms with Crippen LogP contribution in [0.4, 0.5) is 0 Å². The molecule has 1 aromatic carbocycles. The van der Waals surface area contributed by atoms with Gasteiger partial charge in [0.25, 0.3) is 0 Å². The maximum absolute atomic E-state index is 11.0. The maximum Gasteiger partial charge on any atom is 0.152 e. The minimum absolute atomic E-state index is 0.570. The molecular weight excluding hydrogens is 228 g/mol. The lowest BCUT2D eigenvalue weighted by Crippen LogP contribution is -1.99. The van der Waals surface area contributed by atoms with E-state index in [1.165, 1.54) is 0 Å². The number of rotatable bonds is 5. The number of aldehydes is 1. The van der Waals surface area contributed by atoms with Gasteiger partial charge in [-0.3, -0.25) is 4.79 Å². The van der Waals surface area contributed by atoms with Gasteiger partial charge in [-0.05, 0) is 24.6 Å². The Morgan fingerprint density at radius 3 is 3.00 bits per heavy atom. The molecule has 0 aliphatic carbocycles. The first kappa shape index (κ1) is 12.3. The average Bonchev–Trinajstić information content (AvgIpc) is 2.76. The highest BCUT2D eigenvalue weighted by atomic mass is 16.5. The molecule has 0 fully saturated rings. The molecule has 1 heterocycles. The number of hydrogen-bond acceptors (Lipinski definition) is 3. The standard InChI is InChI=1S/C14H14N2O2/c1-18-6-2-5-16-9-12(10-17)13-7-11(8-15)3-4-14(13)16/h3-4,7,9-10H,2,5-6H2,1H3. The van der Waals surface area contributed by atoms with Crippen LogP contribution in [-0.2, 0) is 11.3 Å². The third kappa shape index (κ3) is 2.27. The fourth-order valence-electron chi connectivity index (χ4n) is 2.05. The number of aromatic nitrogens is 1. The molecule has 0 atom stereocenters. The number of fused-ring (bicyclic) bond motifs is 1. The quantitative estimate of drug-likeness (QED) is 0.597. The highest BCUT2D eigenvalue weighted by molar-refractivity contribution is 5.98. The molecule has 4 nitrogen and oxygen atoms in total. The molecule has 0 saturated heterocycles. The van der Waals surface area contributed by atoms with Crippen LogP contribution in [-0.4, -0.2) is 24.6 Å². The molecule has 2 rings (SSSR count). The van der Waals surface area contributed by atoms with E-state index >= 15 is 0 Å². The molecule has 0 unspecified atom stereocenters. The van der Waals surface area contributed by atoms with Crippen molar-refractivity contribution in [2.45, 2.75) is 13.0 Å². The average molecular weight is 242 g/mol. The Balaban J connectivity index is 2.43. The van der Waals surface area contributed by atoms with Crippen molar-refractivity contribution in [1.29, 1.82) is 5.26 Å². The summed E-state index contributed by atoms with van der Waals surface area (Å²) in [7, 11) is 1.67. The fourth-order valence-corrected chi connectivity index (χ4v) is 2.05. The molecule has 2 aromatic rings. The van der Waals surface area contributed by atoms with Gasteiger partial charge in [-0.15, -0.1) is 0 Å².